The highest BCUT2D eigenvalue weighted by molar-refractivity contribution is 6.30. The number of pyridine rings is 1. The summed E-state index contributed by atoms with van der Waals surface area (Å²) in [7, 11) is 0. The molecule has 1 unspecified atom stereocenters. The maximum absolute atomic E-state index is 11.0. The molecular formula is C14H14ClN3O2. The van der Waals surface area contributed by atoms with Crippen LogP contribution in [0.15, 0.2) is 36.5 Å². The molecule has 1 N–H and O–H groups in total. The second-order valence-electron chi connectivity index (χ2n) is 4.51. The molecule has 0 aliphatic heterocycles. The van der Waals surface area contributed by atoms with E-state index < -0.39 is 0 Å². The molecule has 104 valence electrons. The van der Waals surface area contributed by atoms with Crippen LogP contribution in [-0.2, 0) is 0 Å². The maximum Gasteiger partial charge on any atom is 0.274 e. The number of para-hydroxylation sites is 1. The number of hydrogen-bond donors (Lipinski definition) is 1. The van der Waals surface area contributed by atoms with Gasteiger partial charge in [0.15, 0.2) is 0 Å². The number of aromatic nitrogens is 1. The van der Waals surface area contributed by atoms with Gasteiger partial charge in [0.05, 0.1) is 28.4 Å². The van der Waals surface area contributed by atoms with Gasteiger partial charge in [-0.3, -0.25) is 10.1 Å². The summed E-state index contributed by atoms with van der Waals surface area (Å²) in [6, 6.07) is 8.33. The zero-order valence-electron chi connectivity index (χ0n) is 11.1. The Morgan fingerprint density at radius 1 is 1.40 bits per heavy atom. The molecule has 0 aliphatic carbocycles. The molecule has 1 aromatic heterocycles. The highest BCUT2D eigenvalue weighted by Crippen LogP contribution is 2.28. The maximum atomic E-state index is 11.0. The standard InChI is InChI=1S/C14H14ClN3O2/c1-9-7-11(8-16-14(9)15)17-10(2)12-5-3-4-6-13(12)18(19)20/h3-8,10,17H,1-2H3. The zero-order valence-corrected chi connectivity index (χ0v) is 11.9. The van der Waals surface area contributed by atoms with Crippen LogP contribution >= 0.6 is 11.6 Å². The van der Waals surface area contributed by atoms with E-state index >= 15 is 0 Å². The molecule has 1 heterocycles. The van der Waals surface area contributed by atoms with Crippen LogP contribution in [0.3, 0.4) is 0 Å². The molecule has 1 atom stereocenters. The predicted octanol–water partition coefficient (Wildman–Crippen LogP) is 4.12. The minimum Gasteiger partial charge on any atom is -0.377 e. The topological polar surface area (TPSA) is 68.1 Å². The third-order valence-electron chi connectivity index (χ3n) is 3.00. The lowest BCUT2D eigenvalue weighted by Gasteiger charge is -2.16. The molecule has 2 rings (SSSR count). The quantitative estimate of drug-likeness (QED) is 0.522. The van der Waals surface area contributed by atoms with Gasteiger partial charge < -0.3 is 5.32 Å². The van der Waals surface area contributed by atoms with Crippen molar-refractivity contribution in [3.8, 4) is 0 Å². The van der Waals surface area contributed by atoms with Gasteiger partial charge in [-0.15, -0.1) is 0 Å². The first-order valence-electron chi connectivity index (χ1n) is 6.11. The number of benzene rings is 1. The first-order valence-corrected chi connectivity index (χ1v) is 6.49. The number of nitro groups is 1. The number of nitrogens with zero attached hydrogens (tertiary/aromatic N) is 2. The lowest BCUT2D eigenvalue weighted by atomic mass is 10.1. The third-order valence-corrected chi connectivity index (χ3v) is 3.39. The molecule has 5 nitrogen and oxygen atoms in total. The van der Waals surface area contributed by atoms with Crippen LogP contribution in [0, 0.1) is 17.0 Å². The molecule has 0 fully saturated rings. The molecule has 0 saturated heterocycles. The number of nitrogens with one attached hydrogen (secondary N) is 1. The van der Waals surface area contributed by atoms with Gasteiger partial charge in [-0.1, -0.05) is 29.8 Å². The van der Waals surface area contributed by atoms with E-state index in [2.05, 4.69) is 10.3 Å². The third kappa shape index (κ3) is 3.05. The molecule has 1 aromatic carbocycles. The Kier molecular flexibility index (Phi) is 4.20. The lowest BCUT2D eigenvalue weighted by molar-refractivity contribution is -0.385. The first-order chi connectivity index (χ1) is 9.49. The Bertz CT molecular complexity index is 646. The molecule has 6 heteroatoms. The SMILES string of the molecule is Cc1cc(NC(C)c2ccccc2[N+](=O)[O-])cnc1Cl. The second-order valence-corrected chi connectivity index (χ2v) is 4.87. The number of nitro benzene ring substituents is 1. The molecule has 0 saturated carbocycles. The lowest BCUT2D eigenvalue weighted by Crippen LogP contribution is -2.09. The highest BCUT2D eigenvalue weighted by Gasteiger charge is 2.18. The Morgan fingerprint density at radius 2 is 2.10 bits per heavy atom. The summed E-state index contributed by atoms with van der Waals surface area (Å²) in [6.45, 7) is 3.72. The zero-order chi connectivity index (χ0) is 14.7. The van der Waals surface area contributed by atoms with Crippen molar-refractivity contribution in [2.75, 3.05) is 5.32 Å². The molecular weight excluding hydrogens is 278 g/mol. The van der Waals surface area contributed by atoms with E-state index in [1.54, 1.807) is 24.4 Å². The van der Waals surface area contributed by atoms with Crippen molar-refractivity contribution in [1.29, 1.82) is 0 Å². The first kappa shape index (κ1) is 14.3. The largest absolute Gasteiger partial charge is 0.377 e. The van der Waals surface area contributed by atoms with Gasteiger partial charge >= 0.3 is 0 Å². The van der Waals surface area contributed by atoms with Crippen molar-refractivity contribution in [2.45, 2.75) is 19.9 Å². The second kappa shape index (κ2) is 5.88. The summed E-state index contributed by atoms with van der Waals surface area (Å²) in [5, 5.41) is 14.7. The molecule has 0 amide bonds. The van der Waals surface area contributed by atoms with Crippen LogP contribution in [-0.4, -0.2) is 9.91 Å². The Hall–Kier alpha value is -2.14. The predicted molar refractivity (Wildman–Crippen MR) is 79.1 cm³/mol. The minimum absolute atomic E-state index is 0.103. The van der Waals surface area contributed by atoms with Crippen LogP contribution in [0.4, 0.5) is 11.4 Å². The average Bonchev–Trinajstić information content (AvgIpc) is 2.43. The molecule has 0 aliphatic rings. The van der Waals surface area contributed by atoms with Crippen LogP contribution in [0.25, 0.3) is 0 Å². The summed E-state index contributed by atoms with van der Waals surface area (Å²) >= 11 is 5.87. The van der Waals surface area contributed by atoms with Crippen molar-refractivity contribution in [2.24, 2.45) is 0 Å². The fraction of sp³-hybridized carbons (Fsp3) is 0.214. The van der Waals surface area contributed by atoms with E-state index in [-0.39, 0.29) is 16.7 Å². The normalized spacial score (nSPS) is 11.9. The number of aryl methyl sites for hydroxylation is 1. The molecule has 0 radical (unpaired) electrons. The monoisotopic (exact) mass is 291 g/mol. The molecule has 2 aromatic rings. The van der Waals surface area contributed by atoms with Gasteiger partial charge in [0.1, 0.15) is 5.15 Å². The van der Waals surface area contributed by atoms with Gasteiger partial charge in [-0.25, -0.2) is 4.98 Å². The van der Waals surface area contributed by atoms with E-state index in [1.807, 2.05) is 19.9 Å². The van der Waals surface area contributed by atoms with Crippen molar-refractivity contribution in [3.05, 3.63) is 62.9 Å². The highest BCUT2D eigenvalue weighted by atomic mass is 35.5. The van der Waals surface area contributed by atoms with Crippen LogP contribution < -0.4 is 5.32 Å². The van der Waals surface area contributed by atoms with Gasteiger partial charge in [-0.2, -0.15) is 0 Å². The number of anilines is 1. The Balaban J connectivity index is 2.26. The van der Waals surface area contributed by atoms with Gasteiger partial charge in [0.25, 0.3) is 5.69 Å². The smallest absolute Gasteiger partial charge is 0.274 e. The Labute approximate surface area is 121 Å². The van der Waals surface area contributed by atoms with Crippen LogP contribution in [0.5, 0.6) is 0 Å². The van der Waals surface area contributed by atoms with Gasteiger partial charge in [0.2, 0.25) is 0 Å². The van der Waals surface area contributed by atoms with E-state index in [1.165, 1.54) is 6.07 Å². The van der Waals surface area contributed by atoms with Gasteiger partial charge in [-0.05, 0) is 25.5 Å². The van der Waals surface area contributed by atoms with Crippen LogP contribution in [0.1, 0.15) is 24.1 Å². The summed E-state index contributed by atoms with van der Waals surface area (Å²) in [4.78, 5) is 14.7. The summed E-state index contributed by atoms with van der Waals surface area (Å²) in [5.41, 5.74) is 2.36. The van der Waals surface area contributed by atoms with E-state index in [0.717, 1.165) is 11.3 Å². The van der Waals surface area contributed by atoms with Crippen LogP contribution in [0.2, 0.25) is 5.15 Å². The number of hydrogen-bond acceptors (Lipinski definition) is 4. The Morgan fingerprint density at radius 3 is 2.75 bits per heavy atom. The number of halogens is 1. The molecule has 0 spiro atoms. The van der Waals surface area contributed by atoms with E-state index in [0.29, 0.717) is 10.7 Å². The van der Waals surface area contributed by atoms with E-state index in [9.17, 15) is 10.1 Å². The van der Waals surface area contributed by atoms with Gasteiger partial charge in [0, 0.05) is 6.07 Å². The van der Waals surface area contributed by atoms with Crippen molar-refractivity contribution in [3.63, 3.8) is 0 Å². The fourth-order valence-electron chi connectivity index (χ4n) is 1.98. The minimum atomic E-state index is -0.376. The van der Waals surface area contributed by atoms with E-state index in [4.69, 9.17) is 11.6 Å². The van der Waals surface area contributed by atoms with Crippen molar-refractivity contribution < 1.29 is 4.92 Å². The summed E-state index contributed by atoms with van der Waals surface area (Å²) in [6.07, 6.45) is 1.61. The molecule has 0 bridgehead atoms. The molecule has 20 heavy (non-hydrogen) atoms. The van der Waals surface area contributed by atoms with Crippen molar-refractivity contribution in [1.82, 2.24) is 4.98 Å². The fourth-order valence-corrected chi connectivity index (χ4v) is 2.09. The average molecular weight is 292 g/mol. The number of rotatable bonds is 4. The summed E-state index contributed by atoms with van der Waals surface area (Å²) < 4.78 is 0. The van der Waals surface area contributed by atoms with Crippen molar-refractivity contribution >= 4 is 23.0 Å². The summed E-state index contributed by atoms with van der Waals surface area (Å²) in [5.74, 6) is 0.